The quantitative estimate of drug-likeness (QED) is 0.819. The number of hydrogen-bond donors (Lipinski definition) is 1. The second kappa shape index (κ2) is 5.61. The zero-order valence-electron chi connectivity index (χ0n) is 12.1. The molecule has 1 N–H and O–H groups in total. The van der Waals surface area contributed by atoms with Crippen LogP contribution in [0.3, 0.4) is 0 Å². The Balaban J connectivity index is 1.79. The summed E-state index contributed by atoms with van der Waals surface area (Å²) in [7, 11) is 0. The standard InChI is InChI=1S/C15H16ClN3O3/c1-9-14(21)19-7-6-18(8-12(19)13(20)17-9)15(22)10-4-2-3-5-11(10)16/h2-5,9,12H,6-8H2,1H3,(H,17,20)/t9-,12+/m0/s1. The number of fused-ring (bicyclic) bond motifs is 1. The van der Waals surface area contributed by atoms with Crippen molar-refractivity contribution in [1.29, 1.82) is 0 Å². The molecule has 0 spiro atoms. The number of rotatable bonds is 1. The molecular formula is C15H16ClN3O3. The maximum absolute atomic E-state index is 12.6. The number of carbonyl (C=O) groups is 3. The fourth-order valence-electron chi connectivity index (χ4n) is 2.88. The van der Waals surface area contributed by atoms with E-state index in [1.165, 1.54) is 0 Å². The van der Waals surface area contributed by atoms with Crippen molar-refractivity contribution < 1.29 is 14.4 Å². The molecule has 116 valence electrons. The van der Waals surface area contributed by atoms with Gasteiger partial charge in [0.2, 0.25) is 11.8 Å². The van der Waals surface area contributed by atoms with Crippen molar-refractivity contribution >= 4 is 29.3 Å². The fourth-order valence-corrected chi connectivity index (χ4v) is 3.10. The first-order valence-electron chi connectivity index (χ1n) is 7.13. The highest BCUT2D eigenvalue weighted by molar-refractivity contribution is 6.33. The van der Waals surface area contributed by atoms with E-state index in [9.17, 15) is 14.4 Å². The largest absolute Gasteiger partial charge is 0.343 e. The van der Waals surface area contributed by atoms with E-state index < -0.39 is 12.1 Å². The van der Waals surface area contributed by atoms with Gasteiger partial charge in [0.15, 0.2) is 0 Å². The maximum atomic E-state index is 12.6. The Morgan fingerprint density at radius 2 is 2.00 bits per heavy atom. The normalized spacial score (nSPS) is 24.8. The van der Waals surface area contributed by atoms with Gasteiger partial charge in [-0.15, -0.1) is 0 Å². The summed E-state index contributed by atoms with van der Waals surface area (Å²) in [5.41, 5.74) is 0.411. The van der Waals surface area contributed by atoms with Crippen LogP contribution in [0.5, 0.6) is 0 Å². The van der Waals surface area contributed by atoms with Crippen molar-refractivity contribution in [1.82, 2.24) is 15.1 Å². The van der Waals surface area contributed by atoms with E-state index >= 15 is 0 Å². The summed E-state index contributed by atoms with van der Waals surface area (Å²) in [4.78, 5) is 39.9. The number of benzene rings is 1. The zero-order chi connectivity index (χ0) is 15.9. The van der Waals surface area contributed by atoms with Crippen molar-refractivity contribution in [3.8, 4) is 0 Å². The first-order chi connectivity index (χ1) is 10.5. The topological polar surface area (TPSA) is 69.7 Å². The molecule has 2 aliphatic rings. The molecule has 3 amide bonds. The molecule has 2 heterocycles. The van der Waals surface area contributed by atoms with Gasteiger partial charge in [-0.05, 0) is 19.1 Å². The Bertz CT molecular complexity index is 649. The molecule has 2 fully saturated rings. The summed E-state index contributed by atoms with van der Waals surface area (Å²) in [6.07, 6.45) is 0. The molecule has 6 nitrogen and oxygen atoms in total. The summed E-state index contributed by atoms with van der Waals surface area (Å²) in [5.74, 6) is -0.540. The van der Waals surface area contributed by atoms with Crippen LogP contribution in [0.4, 0.5) is 0 Å². The predicted octanol–water partition coefficient (Wildman–Crippen LogP) is 0.511. The minimum atomic E-state index is -0.621. The lowest BCUT2D eigenvalue weighted by atomic mass is 10.0. The maximum Gasteiger partial charge on any atom is 0.255 e. The summed E-state index contributed by atoms with van der Waals surface area (Å²) in [6, 6.07) is 5.69. The number of halogens is 1. The second-order valence-corrected chi connectivity index (χ2v) is 5.92. The van der Waals surface area contributed by atoms with Gasteiger partial charge < -0.3 is 15.1 Å². The third-order valence-corrected chi connectivity index (χ3v) is 4.42. The van der Waals surface area contributed by atoms with E-state index in [2.05, 4.69) is 5.32 Å². The molecule has 2 atom stereocenters. The molecule has 1 aromatic carbocycles. The average Bonchev–Trinajstić information content (AvgIpc) is 2.52. The van der Waals surface area contributed by atoms with Crippen LogP contribution in [0.1, 0.15) is 17.3 Å². The Labute approximate surface area is 133 Å². The molecule has 0 radical (unpaired) electrons. The third-order valence-electron chi connectivity index (χ3n) is 4.09. The number of nitrogens with zero attached hydrogens (tertiary/aromatic N) is 2. The molecule has 0 aliphatic carbocycles. The van der Waals surface area contributed by atoms with Crippen LogP contribution in [0.15, 0.2) is 24.3 Å². The molecule has 0 unspecified atom stereocenters. The van der Waals surface area contributed by atoms with Gasteiger partial charge in [0.05, 0.1) is 17.1 Å². The van der Waals surface area contributed by atoms with Crippen molar-refractivity contribution in [3.05, 3.63) is 34.9 Å². The van der Waals surface area contributed by atoms with Crippen LogP contribution in [0.25, 0.3) is 0 Å². The summed E-state index contributed by atoms with van der Waals surface area (Å²) >= 11 is 6.06. The Morgan fingerprint density at radius 1 is 1.27 bits per heavy atom. The highest BCUT2D eigenvalue weighted by Crippen LogP contribution is 2.21. The predicted molar refractivity (Wildman–Crippen MR) is 80.5 cm³/mol. The van der Waals surface area contributed by atoms with Crippen molar-refractivity contribution in [3.63, 3.8) is 0 Å². The van der Waals surface area contributed by atoms with Crippen LogP contribution in [-0.4, -0.2) is 59.2 Å². The van der Waals surface area contributed by atoms with Crippen molar-refractivity contribution in [2.24, 2.45) is 0 Å². The van der Waals surface area contributed by atoms with Gasteiger partial charge in [-0.25, -0.2) is 0 Å². The van der Waals surface area contributed by atoms with Crippen molar-refractivity contribution in [2.45, 2.75) is 19.0 Å². The average molecular weight is 322 g/mol. The van der Waals surface area contributed by atoms with Gasteiger partial charge in [-0.2, -0.15) is 0 Å². The SMILES string of the molecule is C[C@@H]1NC(=O)[C@H]2CN(C(=O)c3ccccc3Cl)CCN2C1=O. The number of nitrogens with one attached hydrogen (secondary N) is 1. The highest BCUT2D eigenvalue weighted by atomic mass is 35.5. The first kappa shape index (κ1) is 14.8. The minimum absolute atomic E-state index is 0.102. The molecular weight excluding hydrogens is 306 g/mol. The van der Waals surface area contributed by atoms with Crippen LogP contribution >= 0.6 is 11.6 Å². The van der Waals surface area contributed by atoms with E-state index in [4.69, 9.17) is 11.6 Å². The highest BCUT2D eigenvalue weighted by Gasteiger charge is 2.42. The minimum Gasteiger partial charge on any atom is -0.343 e. The van der Waals surface area contributed by atoms with Crippen LogP contribution in [-0.2, 0) is 9.59 Å². The Kier molecular flexibility index (Phi) is 3.78. The molecule has 0 bridgehead atoms. The number of amides is 3. The molecule has 7 heteroatoms. The third kappa shape index (κ3) is 2.43. The van der Waals surface area contributed by atoms with Crippen molar-refractivity contribution in [2.75, 3.05) is 19.6 Å². The van der Waals surface area contributed by atoms with Gasteiger partial charge in [-0.3, -0.25) is 14.4 Å². The van der Waals surface area contributed by atoms with Gasteiger partial charge in [0.25, 0.3) is 5.91 Å². The number of piperazine rings is 2. The number of hydrogen-bond acceptors (Lipinski definition) is 3. The van der Waals surface area contributed by atoms with Crippen LogP contribution in [0, 0.1) is 0 Å². The molecule has 22 heavy (non-hydrogen) atoms. The molecule has 2 saturated heterocycles. The molecule has 1 aromatic rings. The van der Waals surface area contributed by atoms with Crippen LogP contribution in [0.2, 0.25) is 5.02 Å². The van der Waals surface area contributed by atoms with Gasteiger partial charge >= 0.3 is 0 Å². The van der Waals surface area contributed by atoms with Gasteiger partial charge in [0, 0.05) is 13.1 Å². The summed E-state index contributed by atoms with van der Waals surface area (Å²) in [6.45, 7) is 2.61. The molecule has 3 rings (SSSR count). The smallest absolute Gasteiger partial charge is 0.255 e. The van der Waals surface area contributed by atoms with E-state index in [1.807, 2.05) is 0 Å². The van der Waals surface area contributed by atoms with E-state index in [-0.39, 0.29) is 24.3 Å². The van der Waals surface area contributed by atoms with E-state index in [1.54, 1.807) is 41.0 Å². The Morgan fingerprint density at radius 3 is 2.73 bits per heavy atom. The fraction of sp³-hybridized carbons (Fsp3) is 0.400. The van der Waals surface area contributed by atoms with E-state index in [0.29, 0.717) is 23.7 Å². The second-order valence-electron chi connectivity index (χ2n) is 5.51. The number of carbonyl (C=O) groups excluding carboxylic acids is 3. The lowest BCUT2D eigenvalue weighted by molar-refractivity contribution is -0.151. The van der Waals surface area contributed by atoms with Gasteiger partial charge in [-0.1, -0.05) is 23.7 Å². The van der Waals surface area contributed by atoms with Crippen LogP contribution < -0.4 is 5.32 Å². The molecule has 2 aliphatic heterocycles. The Hall–Kier alpha value is -2.08. The van der Waals surface area contributed by atoms with E-state index in [0.717, 1.165) is 0 Å². The zero-order valence-corrected chi connectivity index (χ0v) is 12.8. The molecule has 0 saturated carbocycles. The molecule has 0 aromatic heterocycles. The first-order valence-corrected chi connectivity index (χ1v) is 7.51. The summed E-state index contributed by atoms with van der Waals surface area (Å²) < 4.78 is 0. The lowest BCUT2D eigenvalue weighted by Crippen LogP contribution is -2.69. The summed E-state index contributed by atoms with van der Waals surface area (Å²) in [5, 5.41) is 3.03. The monoisotopic (exact) mass is 321 g/mol. The lowest BCUT2D eigenvalue weighted by Gasteiger charge is -2.44. The van der Waals surface area contributed by atoms with Gasteiger partial charge in [0.1, 0.15) is 12.1 Å².